The second-order valence-electron chi connectivity index (χ2n) is 5.00. The highest BCUT2D eigenvalue weighted by Crippen LogP contribution is 2.47. The van der Waals surface area contributed by atoms with Gasteiger partial charge in [-0.2, -0.15) is 0 Å². The highest BCUT2D eigenvalue weighted by molar-refractivity contribution is 7.53. The van der Waals surface area contributed by atoms with Crippen LogP contribution in [-0.2, 0) is 13.6 Å². The molecule has 4 nitrogen and oxygen atoms in total. The molecule has 0 N–H and O–H groups in total. The molecule has 0 saturated heterocycles. The van der Waals surface area contributed by atoms with Gasteiger partial charge >= 0.3 is 7.60 Å². The molecule has 1 saturated carbocycles. The second-order valence-corrected chi connectivity index (χ2v) is 7.01. The summed E-state index contributed by atoms with van der Waals surface area (Å²) in [7, 11) is -2.86. The van der Waals surface area contributed by atoms with Gasteiger partial charge < -0.3 is 13.9 Å². The lowest BCUT2D eigenvalue weighted by Crippen LogP contribution is -2.27. The van der Waals surface area contributed by atoms with Crippen molar-refractivity contribution >= 4 is 7.60 Å². The summed E-state index contributed by atoms with van der Waals surface area (Å²) in [6.45, 7) is 9.14. The van der Waals surface area contributed by atoms with Gasteiger partial charge in [0.05, 0.1) is 12.7 Å². The van der Waals surface area contributed by atoms with Crippen LogP contribution in [0.25, 0.3) is 0 Å². The first-order chi connectivity index (χ1) is 8.57. The lowest BCUT2D eigenvalue weighted by Gasteiger charge is -2.26. The average Bonchev–Trinajstić information content (AvgIpc) is 2.35. The number of rotatable bonds is 8. The highest BCUT2D eigenvalue weighted by atomic mass is 31.2. The summed E-state index contributed by atoms with van der Waals surface area (Å²) in [6.07, 6.45) is 5.84. The summed E-state index contributed by atoms with van der Waals surface area (Å²) < 4.78 is 23.3. The SMILES string of the molecule is CCN(CC)CCOP(C)(=O)OC1CCCCC1. The number of hydrogen-bond donors (Lipinski definition) is 0. The largest absolute Gasteiger partial charge is 0.327 e. The molecule has 0 heterocycles. The Kier molecular flexibility index (Phi) is 7.47. The summed E-state index contributed by atoms with van der Waals surface area (Å²) in [5.41, 5.74) is 0. The predicted molar refractivity (Wildman–Crippen MR) is 75.2 cm³/mol. The Morgan fingerprint density at radius 2 is 1.78 bits per heavy atom. The molecule has 1 atom stereocenters. The molecule has 0 spiro atoms. The Bertz CT molecular complexity index is 263. The molecule has 0 radical (unpaired) electrons. The maximum absolute atomic E-state index is 12.2. The minimum atomic E-state index is -2.86. The standard InChI is InChI=1S/C13H28NO3P/c1-4-14(5-2)11-12-16-18(3,15)17-13-9-7-6-8-10-13/h13H,4-12H2,1-3H3. The monoisotopic (exact) mass is 277 g/mol. The van der Waals surface area contributed by atoms with Crippen molar-refractivity contribution in [3.8, 4) is 0 Å². The lowest BCUT2D eigenvalue weighted by molar-refractivity contribution is 0.113. The fourth-order valence-electron chi connectivity index (χ4n) is 2.35. The predicted octanol–water partition coefficient (Wildman–Crippen LogP) is 3.52. The van der Waals surface area contributed by atoms with Crippen LogP contribution >= 0.6 is 7.60 Å². The molecule has 108 valence electrons. The van der Waals surface area contributed by atoms with Gasteiger partial charge in [0.25, 0.3) is 0 Å². The van der Waals surface area contributed by atoms with Gasteiger partial charge in [-0.1, -0.05) is 33.1 Å². The van der Waals surface area contributed by atoms with Gasteiger partial charge in [0, 0.05) is 13.2 Å². The van der Waals surface area contributed by atoms with Crippen LogP contribution in [0.4, 0.5) is 0 Å². The van der Waals surface area contributed by atoms with Crippen molar-refractivity contribution in [2.45, 2.75) is 52.1 Å². The minimum Gasteiger partial charge on any atom is -0.307 e. The van der Waals surface area contributed by atoms with Crippen molar-refractivity contribution in [3.63, 3.8) is 0 Å². The first-order valence-electron chi connectivity index (χ1n) is 7.20. The van der Waals surface area contributed by atoms with Gasteiger partial charge in [-0.05, 0) is 25.9 Å². The van der Waals surface area contributed by atoms with Crippen molar-refractivity contribution < 1.29 is 13.6 Å². The summed E-state index contributed by atoms with van der Waals surface area (Å²) in [6, 6.07) is 0. The average molecular weight is 277 g/mol. The summed E-state index contributed by atoms with van der Waals surface area (Å²) in [5, 5.41) is 0. The Morgan fingerprint density at radius 3 is 2.33 bits per heavy atom. The molecule has 0 aliphatic heterocycles. The van der Waals surface area contributed by atoms with E-state index in [0.29, 0.717) is 6.61 Å². The normalized spacial score (nSPS) is 21.1. The first-order valence-corrected chi connectivity index (χ1v) is 9.19. The first kappa shape index (κ1) is 16.2. The molecule has 0 amide bonds. The fraction of sp³-hybridized carbons (Fsp3) is 1.00. The molecular formula is C13H28NO3P. The third-order valence-corrected chi connectivity index (χ3v) is 4.85. The van der Waals surface area contributed by atoms with Crippen LogP contribution in [0.3, 0.4) is 0 Å². The highest BCUT2D eigenvalue weighted by Gasteiger charge is 2.24. The summed E-state index contributed by atoms with van der Waals surface area (Å²) in [4.78, 5) is 2.25. The Balaban J connectivity index is 2.23. The van der Waals surface area contributed by atoms with E-state index in [1.165, 1.54) is 19.3 Å². The van der Waals surface area contributed by atoms with E-state index in [2.05, 4.69) is 18.7 Å². The topological polar surface area (TPSA) is 38.8 Å². The van der Waals surface area contributed by atoms with E-state index in [9.17, 15) is 4.57 Å². The van der Waals surface area contributed by atoms with Crippen LogP contribution < -0.4 is 0 Å². The molecule has 1 fully saturated rings. The zero-order valence-electron chi connectivity index (χ0n) is 12.1. The van der Waals surface area contributed by atoms with Crippen molar-refractivity contribution in [2.75, 3.05) is 32.9 Å². The van der Waals surface area contributed by atoms with Crippen LogP contribution in [0.2, 0.25) is 0 Å². The van der Waals surface area contributed by atoms with Crippen molar-refractivity contribution in [3.05, 3.63) is 0 Å². The molecule has 5 heteroatoms. The number of likely N-dealkylation sites (N-methyl/N-ethyl adjacent to an activating group) is 1. The van der Waals surface area contributed by atoms with E-state index in [1.54, 1.807) is 6.66 Å². The second kappa shape index (κ2) is 8.31. The number of nitrogens with zero attached hydrogens (tertiary/aromatic N) is 1. The molecule has 0 bridgehead atoms. The van der Waals surface area contributed by atoms with E-state index >= 15 is 0 Å². The molecule has 0 aromatic carbocycles. The molecule has 1 aliphatic carbocycles. The third kappa shape index (κ3) is 6.33. The van der Waals surface area contributed by atoms with Crippen LogP contribution in [-0.4, -0.2) is 43.9 Å². The van der Waals surface area contributed by atoms with E-state index in [-0.39, 0.29) is 6.10 Å². The van der Waals surface area contributed by atoms with Gasteiger partial charge in [-0.3, -0.25) is 4.57 Å². The Hall–Kier alpha value is 0.110. The Labute approximate surface area is 112 Å². The van der Waals surface area contributed by atoms with Gasteiger partial charge in [-0.25, -0.2) is 0 Å². The van der Waals surface area contributed by atoms with Crippen LogP contribution in [0.15, 0.2) is 0 Å². The summed E-state index contributed by atoms with van der Waals surface area (Å²) in [5.74, 6) is 0. The zero-order valence-corrected chi connectivity index (χ0v) is 13.0. The maximum Gasteiger partial charge on any atom is 0.327 e. The molecule has 1 unspecified atom stereocenters. The smallest absolute Gasteiger partial charge is 0.307 e. The lowest BCUT2D eigenvalue weighted by atomic mass is 9.98. The van der Waals surface area contributed by atoms with E-state index in [0.717, 1.165) is 32.5 Å². The van der Waals surface area contributed by atoms with Crippen LogP contribution in [0.1, 0.15) is 46.0 Å². The van der Waals surface area contributed by atoms with E-state index in [1.807, 2.05) is 0 Å². The molecule has 1 aliphatic rings. The van der Waals surface area contributed by atoms with E-state index < -0.39 is 7.60 Å². The van der Waals surface area contributed by atoms with Gasteiger partial charge in [0.2, 0.25) is 0 Å². The Morgan fingerprint density at radius 1 is 1.17 bits per heavy atom. The van der Waals surface area contributed by atoms with Crippen molar-refractivity contribution in [1.29, 1.82) is 0 Å². The maximum atomic E-state index is 12.2. The molecule has 18 heavy (non-hydrogen) atoms. The van der Waals surface area contributed by atoms with E-state index in [4.69, 9.17) is 9.05 Å². The minimum absolute atomic E-state index is 0.142. The number of hydrogen-bond acceptors (Lipinski definition) is 4. The fourth-order valence-corrected chi connectivity index (χ4v) is 3.57. The molecule has 1 rings (SSSR count). The quantitative estimate of drug-likeness (QED) is 0.636. The third-order valence-electron chi connectivity index (χ3n) is 3.52. The van der Waals surface area contributed by atoms with Gasteiger partial charge in [-0.15, -0.1) is 0 Å². The molecular weight excluding hydrogens is 249 g/mol. The van der Waals surface area contributed by atoms with Crippen LogP contribution in [0.5, 0.6) is 0 Å². The summed E-state index contributed by atoms with van der Waals surface area (Å²) >= 11 is 0. The van der Waals surface area contributed by atoms with Gasteiger partial charge in [0.15, 0.2) is 0 Å². The molecule has 0 aromatic heterocycles. The van der Waals surface area contributed by atoms with Crippen LogP contribution in [0, 0.1) is 0 Å². The van der Waals surface area contributed by atoms with Crippen molar-refractivity contribution in [1.82, 2.24) is 4.90 Å². The van der Waals surface area contributed by atoms with Gasteiger partial charge in [0.1, 0.15) is 0 Å². The zero-order chi connectivity index (χ0) is 13.4. The van der Waals surface area contributed by atoms with Crippen molar-refractivity contribution in [2.24, 2.45) is 0 Å². The molecule has 0 aromatic rings.